The van der Waals surface area contributed by atoms with Gasteiger partial charge < -0.3 is 15.4 Å². The van der Waals surface area contributed by atoms with Gasteiger partial charge in [-0.3, -0.25) is 9.59 Å². The van der Waals surface area contributed by atoms with Gasteiger partial charge in [0.2, 0.25) is 5.91 Å². The maximum Gasteiger partial charge on any atom is 0.340 e. The van der Waals surface area contributed by atoms with Crippen LogP contribution in [0.15, 0.2) is 78.9 Å². The molecule has 0 fully saturated rings. The van der Waals surface area contributed by atoms with Crippen LogP contribution in [0.2, 0.25) is 5.02 Å². The molecule has 7 heteroatoms. The van der Waals surface area contributed by atoms with Gasteiger partial charge in [-0.1, -0.05) is 66.2 Å². The number of nitrogens with one attached hydrogen (secondary N) is 2. The summed E-state index contributed by atoms with van der Waals surface area (Å²) in [6.45, 7) is -0.140. The van der Waals surface area contributed by atoms with Crippen LogP contribution in [0.5, 0.6) is 0 Å². The minimum absolute atomic E-state index is 0.175. The number of esters is 1. The molecule has 0 spiro atoms. The number of hydrogen-bond donors (Lipinski definition) is 2. The summed E-state index contributed by atoms with van der Waals surface area (Å²) in [6, 6.07) is 22.8. The van der Waals surface area contributed by atoms with Crippen molar-refractivity contribution < 1.29 is 19.1 Å². The van der Waals surface area contributed by atoms with E-state index in [1.807, 2.05) is 30.3 Å². The lowest BCUT2D eigenvalue weighted by Gasteiger charge is -2.11. The highest BCUT2D eigenvalue weighted by molar-refractivity contribution is 6.30. The molecule has 0 heterocycles. The van der Waals surface area contributed by atoms with Gasteiger partial charge >= 0.3 is 5.97 Å². The molecule has 2 N–H and O–H groups in total. The Bertz CT molecular complexity index is 1050. The van der Waals surface area contributed by atoms with Crippen molar-refractivity contribution in [1.29, 1.82) is 0 Å². The van der Waals surface area contributed by atoms with Crippen molar-refractivity contribution in [3.05, 3.63) is 101 Å². The van der Waals surface area contributed by atoms with Gasteiger partial charge in [0.25, 0.3) is 5.91 Å². The van der Waals surface area contributed by atoms with Crippen molar-refractivity contribution in [1.82, 2.24) is 5.32 Å². The van der Waals surface area contributed by atoms with Gasteiger partial charge in [0, 0.05) is 11.6 Å². The zero-order valence-corrected chi connectivity index (χ0v) is 17.4. The van der Waals surface area contributed by atoms with Gasteiger partial charge in [0.15, 0.2) is 6.61 Å². The smallest absolute Gasteiger partial charge is 0.340 e. The lowest BCUT2D eigenvalue weighted by molar-refractivity contribution is -0.124. The second-order valence-corrected chi connectivity index (χ2v) is 7.17. The number of ether oxygens (including phenoxy) is 1. The Morgan fingerprint density at radius 1 is 0.774 bits per heavy atom. The number of para-hydroxylation sites is 1. The van der Waals surface area contributed by atoms with E-state index in [9.17, 15) is 14.4 Å². The molecule has 0 atom stereocenters. The Balaban J connectivity index is 1.52. The lowest BCUT2D eigenvalue weighted by atomic mass is 10.1. The topological polar surface area (TPSA) is 84.5 Å². The minimum Gasteiger partial charge on any atom is -0.452 e. The van der Waals surface area contributed by atoms with E-state index in [1.54, 1.807) is 42.5 Å². The number of hydrogen-bond acceptors (Lipinski definition) is 4. The molecule has 3 aromatic rings. The van der Waals surface area contributed by atoms with Gasteiger partial charge in [-0.2, -0.15) is 0 Å². The largest absolute Gasteiger partial charge is 0.452 e. The fourth-order valence-electron chi connectivity index (χ4n) is 2.81. The number of rotatable bonds is 8. The molecule has 0 bridgehead atoms. The van der Waals surface area contributed by atoms with Crippen molar-refractivity contribution in [2.75, 3.05) is 11.9 Å². The van der Waals surface area contributed by atoms with E-state index in [-0.39, 0.29) is 17.9 Å². The van der Waals surface area contributed by atoms with E-state index < -0.39 is 18.5 Å². The van der Waals surface area contributed by atoms with Crippen molar-refractivity contribution >= 4 is 35.1 Å². The normalized spacial score (nSPS) is 10.2. The van der Waals surface area contributed by atoms with E-state index in [0.29, 0.717) is 17.3 Å². The number of anilines is 1. The van der Waals surface area contributed by atoms with E-state index in [4.69, 9.17) is 16.3 Å². The fourth-order valence-corrected chi connectivity index (χ4v) is 2.93. The molecule has 0 aliphatic carbocycles. The molecule has 0 unspecified atom stereocenters. The van der Waals surface area contributed by atoms with Crippen LogP contribution in [-0.4, -0.2) is 24.4 Å². The fraction of sp³-hybridized carbons (Fsp3) is 0.125. The van der Waals surface area contributed by atoms with Crippen LogP contribution in [-0.2, 0) is 27.3 Å². The van der Waals surface area contributed by atoms with E-state index in [2.05, 4.69) is 10.6 Å². The first-order valence-corrected chi connectivity index (χ1v) is 10.00. The Morgan fingerprint density at radius 3 is 2.19 bits per heavy atom. The summed E-state index contributed by atoms with van der Waals surface area (Å²) in [6.07, 6.45) is 0.178. The molecule has 2 amide bonds. The minimum atomic E-state index is -0.697. The molecule has 31 heavy (non-hydrogen) atoms. The number of carbonyl (C=O) groups excluding carboxylic acids is 3. The molecule has 3 rings (SSSR count). The second-order valence-electron chi connectivity index (χ2n) is 6.74. The van der Waals surface area contributed by atoms with E-state index in [0.717, 1.165) is 11.1 Å². The van der Waals surface area contributed by atoms with Crippen molar-refractivity contribution in [2.45, 2.75) is 13.0 Å². The van der Waals surface area contributed by atoms with Crippen LogP contribution >= 0.6 is 11.6 Å². The Hall–Kier alpha value is -3.64. The van der Waals surface area contributed by atoms with Gasteiger partial charge in [-0.15, -0.1) is 0 Å². The quantitative estimate of drug-likeness (QED) is 0.523. The standard InChI is InChI=1S/C24H21ClN2O4/c25-19-12-10-18(11-13-19)15-26-23(29)16-31-24(30)20-8-4-5-9-21(20)27-22(28)14-17-6-2-1-3-7-17/h1-13H,14-16H2,(H,26,29)(H,27,28). The first-order valence-electron chi connectivity index (χ1n) is 9.62. The van der Waals surface area contributed by atoms with E-state index in [1.165, 1.54) is 6.07 Å². The average Bonchev–Trinajstić information content (AvgIpc) is 2.78. The zero-order valence-electron chi connectivity index (χ0n) is 16.6. The highest BCUT2D eigenvalue weighted by Crippen LogP contribution is 2.17. The lowest BCUT2D eigenvalue weighted by Crippen LogP contribution is -2.28. The molecule has 0 aromatic heterocycles. The Labute approximate surface area is 185 Å². The van der Waals surface area contributed by atoms with Crippen LogP contribution < -0.4 is 10.6 Å². The third kappa shape index (κ3) is 6.97. The van der Waals surface area contributed by atoms with Gasteiger partial charge in [0.05, 0.1) is 17.7 Å². The van der Waals surface area contributed by atoms with Crippen LogP contribution in [0.4, 0.5) is 5.69 Å². The van der Waals surface area contributed by atoms with Gasteiger partial charge in [-0.25, -0.2) is 4.79 Å². The van der Waals surface area contributed by atoms with Crippen molar-refractivity contribution in [3.8, 4) is 0 Å². The summed E-state index contributed by atoms with van der Waals surface area (Å²) >= 11 is 5.83. The Kier molecular flexibility index (Phi) is 7.79. The van der Waals surface area contributed by atoms with E-state index >= 15 is 0 Å². The first kappa shape index (κ1) is 22.1. The molecule has 0 aliphatic rings. The van der Waals surface area contributed by atoms with Gasteiger partial charge in [-0.05, 0) is 35.4 Å². The number of benzene rings is 3. The molecule has 6 nitrogen and oxygen atoms in total. The number of carbonyl (C=O) groups is 3. The highest BCUT2D eigenvalue weighted by atomic mass is 35.5. The molecule has 0 aliphatic heterocycles. The predicted octanol–water partition coefficient (Wildman–Crippen LogP) is 3.99. The highest BCUT2D eigenvalue weighted by Gasteiger charge is 2.16. The number of halogens is 1. The van der Waals surface area contributed by atoms with Crippen LogP contribution in [0.3, 0.4) is 0 Å². The first-order chi connectivity index (χ1) is 15.0. The summed E-state index contributed by atoms with van der Waals surface area (Å²) in [7, 11) is 0. The summed E-state index contributed by atoms with van der Waals surface area (Å²) in [5.74, 6) is -1.39. The number of amides is 2. The predicted molar refractivity (Wildman–Crippen MR) is 119 cm³/mol. The average molecular weight is 437 g/mol. The molecule has 3 aromatic carbocycles. The molecular formula is C24H21ClN2O4. The Morgan fingerprint density at radius 2 is 1.45 bits per heavy atom. The monoisotopic (exact) mass is 436 g/mol. The summed E-state index contributed by atoms with van der Waals surface area (Å²) in [5.41, 5.74) is 2.23. The van der Waals surface area contributed by atoms with Crippen LogP contribution in [0.25, 0.3) is 0 Å². The van der Waals surface area contributed by atoms with Crippen molar-refractivity contribution in [2.24, 2.45) is 0 Å². The summed E-state index contributed by atoms with van der Waals surface area (Å²) < 4.78 is 5.11. The molecule has 158 valence electrons. The maximum absolute atomic E-state index is 12.5. The molecule has 0 saturated carbocycles. The molecule has 0 radical (unpaired) electrons. The third-order valence-corrected chi connectivity index (χ3v) is 4.62. The second kappa shape index (κ2) is 10.9. The zero-order chi connectivity index (χ0) is 22.1. The van der Waals surface area contributed by atoms with Crippen molar-refractivity contribution in [3.63, 3.8) is 0 Å². The summed E-state index contributed by atoms with van der Waals surface area (Å²) in [5, 5.41) is 6.01. The summed E-state index contributed by atoms with van der Waals surface area (Å²) in [4.78, 5) is 36.8. The maximum atomic E-state index is 12.5. The molecular weight excluding hydrogens is 416 g/mol. The van der Waals surface area contributed by atoms with Crippen LogP contribution in [0, 0.1) is 0 Å². The molecule has 0 saturated heterocycles. The van der Waals surface area contributed by atoms with Crippen LogP contribution in [0.1, 0.15) is 21.5 Å². The van der Waals surface area contributed by atoms with Gasteiger partial charge in [0.1, 0.15) is 0 Å². The SMILES string of the molecule is O=C(COC(=O)c1ccccc1NC(=O)Cc1ccccc1)NCc1ccc(Cl)cc1. The third-order valence-electron chi connectivity index (χ3n) is 4.37.